The Morgan fingerprint density at radius 3 is 1.08 bits per heavy atom. The molecule has 24 heavy (non-hydrogen) atoms. The van der Waals surface area contributed by atoms with Crippen molar-refractivity contribution >= 4 is 37.4 Å². The van der Waals surface area contributed by atoms with E-state index in [0.717, 1.165) is 0 Å². The lowest BCUT2D eigenvalue weighted by molar-refractivity contribution is 0.0743. The van der Waals surface area contributed by atoms with Gasteiger partial charge in [0.2, 0.25) is 16.6 Å². The topological polar surface area (TPSA) is 105 Å². The van der Waals surface area contributed by atoms with Gasteiger partial charge in [-0.3, -0.25) is 7.74 Å². The average molecular weight is 421 g/mol. The van der Waals surface area contributed by atoms with E-state index in [1.54, 1.807) is 39.3 Å². The summed E-state index contributed by atoms with van der Waals surface area (Å²) in [6.07, 6.45) is 0.463. The first kappa shape index (κ1) is 22.2. The summed E-state index contributed by atoms with van der Waals surface area (Å²) in [7, 11) is -12.6. The van der Waals surface area contributed by atoms with Crippen molar-refractivity contribution in [2.75, 3.05) is 0 Å². The van der Waals surface area contributed by atoms with Crippen LogP contribution in [-0.2, 0) is 36.9 Å². The molecule has 0 atom stereocenters. The fourth-order valence-corrected chi connectivity index (χ4v) is 8.47. The standard InChI is InChI=1S/C12H28O8S2Si2/c1-23(2,3)19-21(13,14)17-11-7-9-12(10-8-11)18-22(15,16)20-24(4,5)6/h11-12H,7-10H2,1-6H3. The van der Waals surface area contributed by atoms with Crippen LogP contribution >= 0.6 is 0 Å². The second kappa shape index (κ2) is 7.82. The van der Waals surface area contributed by atoms with Crippen molar-refractivity contribution in [3.8, 4) is 0 Å². The van der Waals surface area contributed by atoms with Gasteiger partial charge in [-0.25, -0.2) is 8.37 Å². The third-order valence-corrected chi connectivity index (χ3v) is 9.48. The first-order valence-electron chi connectivity index (χ1n) is 7.85. The predicted molar refractivity (Wildman–Crippen MR) is 94.9 cm³/mol. The maximum Gasteiger partial charge on any atom is 0.390 e. The molecule has 1 saturated carbocycles. The van der Waals surface area contributed by atoms with Crippen molar-refractivity contribution < 1.29 is 32.9 Å². The highest BCUT2D eigenvalue weighted by Gasteiger charge is 2.33. The summed E-state index contributed by atoms with van der Waals surface area (Å²) in [5.74, 6) is 0. The molecule has 0 bridgehead atoms. The first-order valence-corrected chi connectivity index (χ1v) is 17.3. The van der Waals surface area contributed by atoms with E-state index in [9.17, 15) is 16.8 Å². The smallest absolute Gasteiger partial charge is 0.294 e. The maximum absolute atomic E-state index is 11.8. The van der Waals surface area contributed by atoms with Crippen LogP contribution in [0.1, 0.15) is 25.7 Å². The van der Waals surface area contributed by atoms with Crippen LogP contribution in [-0.4, -0.2) is 45.7 Å². The van der Waals surface area contributed by atoms with Crippen molar-refractivity contribution in [2.24, 2.45) is 0 Å². The highest BCUT2D eigenvalue weighted by atomic mass is 32.3. The lowest BCUT2D eigenvalue weighted by Gasteiger charge is -2.28. The van der Waals surface area contributed by atoms with Gasteiger partial charge in [-0.05, 0) is 65.0 Å². The zero-order valence-electron chi connectivity index (χ0n) is 15.1. The molecule has 1 rings (SSSR count). The molecule has 0 saturated heterocycles. The summed E-state index contributed by atoms with van der Waals surface area (Å²) in [6.45, 7) is 10.5. The van der Waals surface area contributed by atoms with E-state index in [1.165, 1.54) is 0 Å². The van der Waals surface area contributed by atoms with Crippen LogP contribution in [0.25, 0.3) is 0 Å². The normalized spacial score (nSPS) is 24.1. The van der Waals surface area contributed by atoms with Crippen molar-refractivity contribution in [3.05, 3.63) is 0 Å². The van der Waals surface area contributed by atoms with Gasteiger partial charge in [-0.2, -0.15) is 16.8 Å². The first-order chi connectivity index (χ1) is 10.6. The summed E-state index contributed by atoms with van der Waals surface area (Å²) in [5, 5.41) is 0. The van der Waals surface area contributed by atoms with Gasteiger partial charge in [0, 0.05) is 0 Å². The summed E-state index contributed by atoms with van der Waals surface area (Å²) >= 11 is 0. The van der Waals surface area contributed by atoms with Crippen LogP contribution in [0.2, 0.25) is 39.3 Å². The van der Waals surface area contributed by atoms with Crippen molar-refractivity contribution in [1.82, 2.24) is 0 Å². The van der Waals surface area contributed by atoms with Gasteiger partial charge < -0.3 is 0 Å². The van der Waals surface area contributed by atoms with Gasteiger partial charge >= 0.3 is 20.8 Å². The molecule has 0 aromatic rings. The molecule has 0 aliphatic heterocycles. The van der Waals surface area contributed by atoms with Crippen molar-refractivity contribution in [1.29, 1.82) is 0 Å². The van der Waals surface area contributed by atoms with Crippen LogP contribution in [0, 0.1) is 0 Å². The molecule has 1 fully saturated rings. The Bertz CT molecular complexity index is 554. The minimum Gasteiger partial charge on any atom is -0.294 e. The van der Waals surface area contributed by atoms with Crippen LogP contribution in [0.4, 0.5) is 0 Å². The number of hydrogen-bond donors (Lipinski definition) is 0. The second-order valence-electron chi connectivity index (χ2n) is 7.80. The summed E-state index contributed by atoms with van der Waals surface area (Å²) in [5.41, 5.74) is 0. The molecule has 12 heteroatoms. The van der Waals surface area contributed by atoms with Crippen molar-refractivity contribution in [2.45, 2.75) is 77.2 Å². The van der Waals surface area contributed by atoms with Gasteiger partial charge in [-0.1, -0.05) is 0 Å². The van der Waals surface area contributed by atoms with Gasteiger partial charge in [0.1, 0.15) is 0 Å². The Hall–Kier alpha value is 0.174. The highest BCUT2D eigenvalue weighted by Crippen LogP contribution is 2.27. The highest BCUT2D eigenvalue weighted by molar-refractivity contribution is 7.83. The minimum absolute atomic E-state index is 0.376. The van der Waals surface area contributed by atoms with Crippen LogP contribution in [0.3, 0.4) is 0 Å². The molecule has 0 radical (unpaired) electrons. The van der Waals surface area contributed by atoms with Gasteiger partial charge in [0.25, 0.3) is 0 Å². The lowest BCUT2D eigenvalue weighted by Crippen LogP contribution is -2.36. The summed E-state index contributed by atoms with van der Waals surface area (Å²) < 4.78 is 67.5. The molecule has 0 heterocycles. The van der Waals surface area contributed by atoms with E-state index in [-0.39, 0.29) is 0 Å². The molecule has 0 amide bonds. The second-order valence-corrected chi connectivity index (χ2v) is 19.6. The van der Waals surface area contributed by atoms with E-state index >= 15 is 0 Å². The Kier molecular flexibility index (Phi) is 7.24. The quantitative estimate of drug-likeness (QED) is 0.552. The van der Waals surface area contributed by atoms with Crippen LogP contribution in [0.5, 0.6) is 0 Å². The number of rotatable bonds is 8. The van der Waals surface area contributed by atoms with Crippen molar-refractivity contribution in [3.63, 3.8) is 0 Å². The van der Waals surface area contributed by atoms with Gasteiger partial charge in [-0.15, -0.1) is 0 Å². The fourth-order valence-electron chi connectivity index (χ4n) is 2.21. The molecular weight excluding hydrogens is 392 g/mol. The van der Waals surface area contributed by atoms with E-state index in [4.69, 9.17) is 16.1 Å². The molecule has 0 N–H and O–H groups in total. The third kappa shape index (κ3) is 9.60. The molecule has 0 unspecified atom stereocenters. The zero-order chi connectivity index (χ0) is 18.8. The summed E-state index contributed by atoms with van der Waals surface area (Å²) in [6, 6.07) is 0. The van der Waals surface area contributed by atoms with E-state index < -0.39 is 49.6 Å². The molecule has 144 valence electrons. The largest absolute Gasteiger partial charge is 0.390 e. The third-order valence-electron chi connectivity index (χ3n) is 2.83. The Labute approximate surface area is 147 Å². The molecule has 0 aromatic carbocycles. The average Bonchev–Trinajstić information content (AvgIpc) is 2.24. The Morgan fingerprint density at radius 2 is 0.875 bits per heavy atom. The van der Waals surface area contributed by atoms with E-state index in [1.807, 2.05) is 0 Å². The predicted octanol–water partition coefficient (Wildman–Crippen LogP) is 2.52. The zero-order valence-corrected chi connectivity index (χ0v) is 18.7. The molecule has 8 nitrogen and oxygen atoms in total. The van der Waals surface area contributed by atoms with Gasteiger partial charge in [0.15, 0.2) is 0 Å². The number of hydrogen-bond acceptors (Lipinski definition) is 8. The van der Waals surface area contributed by atoms with Crippen LogP contribution in [0.15, 0.2) is 0 Å². The molecule has 1 aliphatic rings. The Morgan fingerprint density at radius 1 is 0.625 bits per heavy atom. The molecular formula is C12H28O8S2Si2. The molecule has 1 aliphatic carbocycles. The fraction of sp³-hybridized carbons (Fsp3) is 1.00. The molecule has 0 aromatic heterocycles. The Balaban J connectivity index is 2.50. The lowest BCUT2D eigenvalue weighted by atomic mass is 9.95. The minimum atomic E-state index is -4.03. The van der Waals surface area contributed by atoms with Gasteiger partial charge in [0.05, 0.1) is 12.2 Å². The summed E-state index contributed by atoms with van der Waals surface area (Å²) in [4.78, 5) is 0. The van der Waals surface area contributed by atoms with E-state index in [0.29, 0.717) is 25.7 Å². The maximum atomic E-state index is 11.8. The molecule has 0 spiro atoms. The van der Waals surface area contributed by atoms with Crippen LogP contribution < -0.4 is 0 Å². The SMILES string of the molecule is C[Si](C)(C)OS(=O)(=O)OC1CCC(OS(=O)(=O)O[Si](C)(C)C)CC1. The van der Waals surface area contributed by atoms with E-state index in [2.05, 4.69) is 0 Å². The monoisotopic (exact) mass is 420 g/mol.